The summed E-state index contributed by atoms with van der Waals surface area (Å²) in [5.41, 5.74) is 0. The molecule has 0 fully saturated rings. The third kappa shape index (κ3) is 2.68. The van der Waals surface area contributed by atoms with Crippen LogP contribution in [0.5, 0.6) is 0 Å². The Hall–Kier alpha value is -0.0900. The molecule has 0 aromatic carbocycles. The summed E-state index contributed by atoms with van der Waals surface area (Å²) in [7, 11) is -3.53. The van der Waals surface area contributed by atoms with E-state index in [1.54, 1.807) is 6.20 Å². The number of aromatic nitrogens is 2. The van der Waals surface area contributed by atoms with Crippen LogP contribution in [0.2, 0.25) is 0 Å². The van der Waals surface area contributed by atoms with E-state index in [9.17, 15) is 5.11 Å². The summed E-state index contributed by atoms with van der Waals surface area (Å²) in [6, 6.07) is 0. The molecule has 1 rings (SSSR count). The molecular formula is C5H10N2O4P2. The highest BCUT2D eigenvalue weighted by Gasteiger charge is 2.36. The molecule has 2 unspecified atom stereocenters. The van der Waals surface area contributed by atoms with Crippen molar-refractivity contribution in [2.75, 3.05) is 0 Å². The van der Waals surface area contributed by atoms with Crippen molar-refractivity contribution in [2.45, 2.75) is 11.6 Å². The van der Waals surface area contributed by atoms with Gasteiger partial charge in [-0.05, 0) is 0 Å². The van der Waals surface area contributed by atoms with Gasteiger partial charge in [-0.15, -0.1) is 0 Å². The summed E-state index contributed by atoms with van der Waals surface area (Å²) < 4.78 is 1.46. The highest BCUT2D eigenvalue weighted by atomic mass is 31.2. The van der Waals surface area contributed by atoms with Crippen molar-refractivity contribution in [3.63, 3.8) is 0 Å². The zero-order chi connectivity index (χ0) is 9.90. The van der Waals surface area contributed by atoms with E-state index in [1.165, 1.54) is 17.1 Å². The second kappa shape index (κ2) is 4.42. The average molecular weight is 224 g/mol. The average Bonchev–Trinajstić information content (AvgIpc) is 2.56. The van der Waals surface area contributed by atoms with Crippen LogP contribution in [0.3, 0.4) is 0 Å². The van der Waals surface area contributed by atoms with Crippen LogP contribution in [-0.2, 0) is 6.54 Å². The molecule has 74 valence electrons. The van der Waals surface area contributed by atoms with Gasteiger partial charge in [-0.3, -0.25) is 0 Å². The Kier molecular flexibility index (Phi) is 3.74. The van der Waals surface area contributed by atoms with Gasteiger partial charge in [-0.1, -0.05) is 0 Å². The van der Waals surface area contributed by atoms with Gasteiger partial charge in [-0.2, -0.15) is 0 Å². The van der Waals surface area contributed by atoms with Crippen molar-refractivity contribution < 1.29 is 19.8 Å². The second-order valence-electron chi connectivity index (χ2n) is 2.45. The molecule has 0 aliphatic rings. The van der Waals surface area contributed by atoms with Crippen LogP contribution >= 0.6 is 17.2 Å². The summed E-state index contributed by atoms with van der Waals surface area (Å²) in [6.45, 7) is -0.0827. The molecule has 8 heteroatoms. The molecule has 1 heterocycles. The van der Waals surface area contributed by atoms with Crippen molar-refractivity contribution in [1.82, 2.24) is 9.55 Å². The van der Waals surface area contributed by atoms with Gasteiger partial charge >= 0.3 is 0 Å². The van der Waals surface area contributed by atoms with Gasteiger partial charge in [0.2, 0.25) is 8.38 Å². The molecule has 2 atom stereocenters. The Morgan fingerprint density at radius 3 is 2.62 bits per heavy atom. The maximum absolute atomic E-state index is 9.51. The van der Waals surface area contributed by atoms with Crippen LogP contribution in [0.1, 0.15) is 0 Å². The predicted octanol–water partition coefficient (Wildman–Crippen LogP) is -0.589. The molecule has 4 N–H and O–H groups in total. The lowest BCUT2D eigenvalue weighted by Gasteiger charge is -2.25. The molecule has 0 aliphatic carbocycles. The molecule has 0 aliphatic heterocycles. The number of nitrogens with zero attached hydrogens (tertiary/aromatic N) is 2. The lowest BCUT2D eigenvalue weighted by atomic mass is 10.6. The number of hydrogen-bond donors (Lipinski definition) is 4. The molecule has 1 aromatic heterocycles. The van der Waals surface area contributed by atoms with Crippen molar-refractivity contribution in [1.29, 1.82) is 0 Å². The van der Waals surface area contributed by atoms with Crippen LogP contribution in [0.25, 0.3) is 0 Å². The summed E-state index contributed by atoms with van der Waals surface area (Å²) in [4.78, 5) is 30.2. The van der Waals surface area contributed by atoms with Crippen LogP contribution in [-0.4, -0.2) is 34.4 Å². The molecule has 0 saturated heterocycles. The number of imidazole rings is 1. The van der Waals surface area contributed by atoms with Gasteiger partial charge in [0.05, 0.1) is 21.7 Å². The van der Waals surface area contributed by atoms with Crippen LogP contribution < -0.4 is 0 Å². The molecule has 0 radical (unpaired) electrons. The van der Waals surface area contributed by atoms with Crippen LogP contribution in [0, 0.1) is 0 Å². The zero-order valence-corrected chi connectivity index (χ0v) is 8.46. The number of hydrogen-bond acceptors (Lipinski definition) is 5. The van der Waals surface area contributed by atoms with E-state index in [0.717, 1.165) is 0 Å². The SMILES string of the molecule is OPC(O)(Cn1ccnc1)P(O)O. The highest BCUT2D eigenvalue weighted by molar-refractivity contribution is 7.60. The van der Waals surface area contributed by atoms with Crippen molar-refractivity contribution in [2.24, 2.45) is 0 Å². The Bertz CT molecular complexity index is 255. The van der Waals surface area contributed by atoms with Gasteiger partial charge < -0.3 is 24.4 Å². The first-order valence-corrected chi connectivity index (χ1v) is 5.55. The van der Waals surface area contributed by atoms with Crippen LogP contribution in [0.15, 0.2) is 18.7 Å². The largest absolute Gasteiger partial charge is 0.373 e. The Morgan fingerprint density at radius 2 is 2.23 bits per heavy atom. The summed E-state index contributed by atoms with van der Waals surface area (Å²) in [5, 5.41) is 7.66. The first-order chi connectivity index (χ1) is 6.08. The van der Waals surface area contributed by atoms with Gasteiger partial charge in [0.15, 0.2) is 5.08 Å². The van der Waals surface area contributed by atoms with Crippen molar-refractivity contribution in [3.8, 4) is 0 Å². The van der Waals surface area contributed by atoms with E-state index < -0.39 is 22.3 Å². The number of aliphatic hydroxyl groups is 1. The lowest BCUT2D eigenvalue weighted by molar-refractivity contribution is 0.165. The quantitative estimate of drug-likeness (QED) is 0.512. The van der Waals surface area contributed by atoms with E-state index in [0.29, 0.717) is 0 Å². The van der Waals surface area contributed by atoms with Crippen molar-refractivity contribution in [3.05, 3.63) is 18.7 Å². The molecule has 1 aromatic rings. The minimum atomic E-state index is -2.58. The molecule has 0 saturated carbocycles. The van der Waals surface area contributed by atoms with E-state index in [2.05, 4.69) is 4.98 Å². The van der Waals surface area contributed by atoms with Gasteiger partial charge in [0.1, 0.15) is 0 Å². The zero-order valence-electron chi connectivity index (χ0n) is 6.57. The maximum Gasteiger partial charge on any atom is 0.208 e. The van der Waals surface area contributed by atoms with E-state index in [4.69, 9.17) is 14.7 Å². The fourth-order valence-electron chi connectivity index (χ4n) is 0.778. The normalized spacial score (nSPS) is 17.0. The standard InChI is InChI=1S/C5H10N2O4P2/c8-5(12-9,13(10)11)3-7-2-1-6-4-7/h1-2,4,8-12H,3H2. The molecule has 0 amide bonds. The number of rotatable bonds is 4. The molecule has 0 spiro atoms. The molecule has 0 bridgehead atoms. The fraction of sp³-hybridized carbons (Fsp3) is 0.400. The lowest BCUT2D eigenvalue weighted by Crippen LogP contribution is -2.26. The van der Waals surface area contributed by atoms with Gasteiger partial charge in [-0.25, -0.2) is 4.98 Å². The van der Waals surface area contributed by atoms with Crippen molar-refractivity contribution >= 4 is 17.2 Å². The summed E-state index contributed by atoms with van der Waals surface area (Å²) >= 11 is 0. The second-order valence-corrected chi connectivity index (χ2v) is 5.24. The highest BCUT2D eigenvalue weighted by Crippen LogP contribution is 2.50. The van der Waals surface area contributed by atoms with E-state index >= 15 is 0 Å². The monoisotopic (exact) mass is 224 g/mol. The fourth-order valence-corrected chi connectivity index (χ4v) is 1.68. The smallest absolute Gasteiger partial charge is 0.208 e. The van der Waals surface area contributed by atoms with E-state index in [1.807, 2.05) is 0 Å². The predicted molar refractivity (Wildman–Crippen MR) is 49.1 cm³/mol. The maximum atomic E-state index is 9.51. The van der Waals surface area contributed by atoms with Gasteiger partial charge in [0, 0.05) is 12.4 Å². The molecular weight excluding hydrogens is 214 g/mol. The summed E-state index contributed by atoms with van der Waals surface area (Å²) in [6.07, 6.45) is 4.48. The first-order valence-electron chi connectivity index (χ1n) is 3.36. The first kappa shape index (κ1) is 11.0. The third-order valence-corrected chi connectivity index (χ3v) is 3.69. The molecule has 13 heavy (non-hydrogen) atoms. The summed E-state index contributed by atoms with van der Waals surface area (Å²) in [5.74, 6) is 0. The Morgan fingerprint density at radius 1 is 1.54 bits per heavy atom. The Balaban J connectivity index is 2.69. The minimum absolute atomic E-state index is 0.0827. The van der Waals surface area contributed by atoms with Gasteiger partial charge in [0.25, 0.3) is 0 Å². The minimum Gasteiger partial charge on any atom is -0.373 e. The topological polar surface area (TPSA) is 98.7 Å². The van der Waals surface area contributed by atoms with Crippen LogP contribution in [0.4, 0.5) is 0 Å². The third-order valence-electron chi connectivity index (χ3n) is 1.47. The van der Waals surface area contributed by atoms with E-state index in [-0.39, 0.29) is 6.54 Å². The molecule has 6 nitrogen and oxygen atoms in total. The Labute approximate surface area is 77.7 Å².